The van der Waals surface area contributed by atoms with Crippen LogP contribution in [0.3, 0.4) is 0 Å². The van der Waals surface area contributed by atoms with Gasteiger partial charge in [0.2, 0.25) is 11.8 Å². The molecule has 0 aromatic carbocycles. The molecule has 2 unspecified atom stereocenters. The Bertz CT molecular complexity index is 622. The zero-order valence-electron chi connectivity index (χ0n) is 16.0. The van der Waals surface area contributed by atoms with Gasteiger partial charge in [0.1, 0.15) is 6.04 Å². The lowest BCUT2D eigenvalue weighted by molar-refractivity contribution is -0.130. The first-order valence-corrected chi connectivity index (χ1v) is 10.1. The van der Waals surface area contributed by atoms with Crippen LogP contribution in [-0.2, 0) is 9.59 Å². The van der Waals surface area contributed by atoms with Gasteiger partial charge in [0.25, 0.3) is 5.91 Å². The highest BCUT2D eigenvalue weighted by molar-refractivity contribution is 7.12. The molecule has 144 valence electrons. The van der Waals surface area contributed by atoms with E-state index in [0.717, 1.165) is 0 Å². The van der Waals surface area contributed by atoms with Crippen molar-refractivity contribution in [3.05, 3.63) is 22.4 Å². The number of hydrogen-bond donors (Lipinski definition) is 2. The van der Waals surface area contributed by atoms with Crippen LogP contribution in [0.25, 0.3) is 0 Å². The second kappa shape index (κ2) is 9.16. The van der Waals surface area contributed by atoms with Gasteiger partial charge in [-0.05, 0) is 43.0 Å². The fourth-order valence-corrected chi connectivity index (χ4v) is 3.67. The van der Waals surface area contributed by atoms with Crippen molar-refractivity contribution in [2.45, 2.75) is 52.6 Å². The van der Waals surface area contributed by atoms with Crippen LogP contribution in [0.5, 0.6) is 0 Å². The fourth-order valence-electron chi connectivity index (χ4n) is 3.05. The molecule has 1 saturated heterocycles. The van der Waals surface area contributed by atoms with E-state index in [1.165, 1.54) is 11.3 Å². The van der Waals surface area contributed by atoms with Crippen molar-refractivity contribution in [2.75, 3.05) is 13.1 Å². The van der Waals surface area contributed by atoms with Crippen LogP contribution in [0.2, 0.25) is 0 Å². The largest absolute Gasteiger partial charge is 0.352 e. The molecule has 2 N–H and O–H groups in total. The number of piperidine rings is 1. The minimum Gasteiger partial charge on any atom is -0.352 e. The number of carbonyl (C=O) groups excluding carboxylic acids is 3. The average molecular weight is 380 g/mol. The molecule has 26 heavy (non-hydrogen) atoms. The molecule has 1 aliphatic heterocycles. The number of carbonyl (C=O) groups is 3. The Balaban J connectivity index is 2.09. The van der Waals surface area contributed by atoms with Crippen molar-refractivity contribution in [1.82, 2.24) is 15.5 Å². The monoisotopic (exact) mass is 379 g/mol. The Morgan fingerprint density at radius 3 is 2.31 bits per heavy atom. The number of rotatable bonds is 6. The van der Waals surface area contributed by atoms with E-state index in [0.29, 0.717) is 36.7 Å². The standard InChI is InChI=1S/C19H29N3O3S/c1-12(2)13(3)20-19(25)17(21-18(24)16-6-5-11-26-16)15-7-9-22(10-8-15)14(4)23/h5-6,11-13,15,17H,7-10H2,1-4H3,(H,20,25)(H,21,24). The van der Waals surface area contributed by atoms with Crippen molar-refractivity contribution in [3.63, 3.8) is 0 Å². The van der Waals surface area contributed by atoms with Crippen molar-refractivity contribution >= 4 is 29.1 Å². The molecule has 0 bridgehead atoms. The zero-order valence-corrected chi connectivity index (χ0v) is 16.8. The Kier molecular flexibility index (Phi) is 7.20. The van der Waals surface area contributed by atoms with Gasteiger partial charge < -0.3 is 15.5 Å². The lowest BCUT2D eigenvalue weighted by atomic mass is 9.88. The highest BCUT2D eigenvalue weighted by atomic mass is 32.1. The summed E-state index contributed by atoms with van der Waals surface area (Å²) >= 11 is 1.36. The Morgan fingerprint density at radius 1 is 1.15 bits per heavy atom. The number of nitrogens with zero attached hydrogens (tertiary/aromatic N) is 1. The lowest BCUT2D eigenvalue weighted by Crippen LogP contribution is -2.55. The van der Waals surface area contributed by atoms with E-state index in [1.807, 2.05) is 18.4 Å². The summed E-state index contributed by atoms with van der Waals surface area (Å²) in [6.45, 7) is 8.88. The molecule has 2 heterocycles. The third kappa shape index (κ3) is 5.30. The van der Waals surface area contributed by atoms with E-state index < -0.39 is 6.04 Å². The topological polar surface area (TPSA) is 78.5 Å². The van der Waals surface area contributed by atoms with Crippen LogP contribution in [-0.4, -0.2) is 47.8 Å². The number of thiophene rings is 1. The molecule has 1 aromatic heterocycles. The first-order valence-electron chi connectivity index (χ1n) is 9.19. The molecule has 3 amide bonds. The van der Waals surface area contributed by atoms with Crippen LogP contribution >= 0.6 is 11.3 Å². The molecule has 0 aliphatic carbocycles. The van der Waals surface area contributed by atoms with E-state index in [-0.39, 0.29) is 29.7 Å². The summed E-state index contributed by atoms with van der Waals surface area (Å²) in [4.78, 5) is 39.3. The second-order valence-electron chi connectivity index (χ2n) is 7.31. The minimum atomic E-state index is -0.583. The van der Waals surface area contributed by atoms with Gasteiger partial charge in [0, 0.05) is 26.1 Å². The Labute approximate surface area is 159 Å². The van der Waals surface area contributed by atoms with Crippen LogP contribution in [0.4, 0.5) is 0 Å². The quantitative estimate of drug-likeness (QED) is 0.796. The molecule has 6 nitrogen and oxygen atoms in total. The highest BCUT2D eigenvalue weighted by Crippen LogP contribution is 2.22. The van der Waals surface area contributed by atoms with E-state index in [4.69, 9.17) is 0 Å². The molecule has 2 atom stereocenters. The summed E-state index contributed by atoms with van der Waals surface area (Å²) in [6, 6.07) is 3.02. The van der Waals surface area contributed by atoms with Gasteiger partial charge in [0.15, 0.2) is 0 Å². The molecule has 7 heteroatoms. The van der Waals surface area contributed by atoms with Gasteiger partial charge in [0.05, 0.1) is 4.88 Å². The lowest BCUT2D eigenvalue weighted by Gasteiger charge is -2.36. The third-order valence-corrected chi connectivity index (χ3v) is 6.01. The molecule has 1 fully saturated rings. The number of nitrogens with one attached hydrogen (secondary N) is 2. The summed E-state index contributed by atoms with van der Waals surface area (Å²) < 4.78 is 0. The summed E-state index contributed by atoms with van der Waals surface area (Å²) in [5.41, 5.74) is 0. The average Bonchev–Trinajstić information content (AvgIpc) is 3.14. The normalized spacial score (nSPS) is 17.7. The second-order valence-corrected chi connectivity index (χ2v) is 8.26. The molecule has 0 spiro atoms. The van der Waals surface area contributed by atoms with Crippen LogP contribution in [0.1, 0.15) is 50.2 Å². The zero-order chi connectivity index (χ0) is 19.3. The smallest absolute Gasteiger partial charge is 0.262 e. The van der Waals surface area contributed by atoms with Crippen LogP contribution in [0.15, 0.2) is 17.5 Å². The predicted molar refractivity (Wildman–Crippen MR) is 103 cm³/mol. The molecule has 1 aromatic rings. The number of hydrogen-bond acceptors (Lipinski definition) is 4. The molecule has 1 aliphatic rings. The van der Waals surface area contributed by atoms with Crippen molar-refractivity contribution in [2.24, 2.45) is 11.8 Å². The van der Waals surface area contributed by atoms with Gasteiger partial charge in [-0.3, -0.25) is 14.4 Å². The Hall–Kier alpha value is -1.89. The van der Waals surface area contributed by atoms with Gasteiger partial charge in [-0.25, -0.2) is 0 Å². The molecule has 2 rings (SSSR count). The van der Waals surface area contributed by atoms with Crippen molar-refractivity contribution in [1.29, 1.82) is 0 Å². The first kappa shape index (κ1) is 20.4. The van der Waals surface area contributed by atoms with E-state index in [1.54, 1.807) is 17.9 Å². The van der Waals surface area contributed by atoms with Gasteiger partial charge in [-0.2, -0.15) is 0 Å². The summed E-state index contributed by atoms with van der Waals surface area (Å²) in [7, 11) is 0. The van der Waals surface area contributed by atoms with E-state index in [9.17, 15) is 14.4 Å². The maximum Gasteiger partial charge on any atom is 0.262 e. The predicted octanol–water partition coefficient (Wildman–Crippen LogP) is 2.27. The minimum absolute atomic E-state index is 0.0221. The highest BCUT2D eigenvalue weighted by Gasteiger charge is 2.34. The SMILES string of the molecule is CC(=O)N1CCC(C(NC(=O)c2cccs2)C(=O)NC(C)C(C)C)CC1. The molecule has 0 saturated carbocycles. The maximum atomic E-state index is 12.9. The van der Waals surface area contributed by atoms with Crippen molar-refractivity contribution in [3.8, 4) is 0 Å². The summed E-state index contributed by atoms with van der Waals surface area (Å²) in [5.74, 6) is 0.0327. The molecular formula is C19H29N3O3S. The van der Waals surface area contributed by atoms with Gasteiger partial charge in [-0.15, -0.1) is 11.3 Å². The van der Waals surface area contributed by atoms with Crippen molar-refractivity contribution < 1.29 is 14.4 Å². The summed E-state index contributed by atoms with van der Waals surface area (Å²) in [5, 5.41) is 7.81. The van der Waals surface area contributed by atoms with Gasteiger partial charge >= 0.3 is 0 Å². The van der Waals surface area contributed by atoms with E-state index >= 15 is 0 Å². The summed E-state index contributed by atoms with van der Waals surface area (Å²) in [6.07, 6.45) is 1.41. The first-order chi connectivity index (χ1) is 12.3. The number of likely N-dealkylation sites (tertiary alicyclic amines) is 1. The maximum absolute atomic E-state index is 12.9. The third-order valence-electron chi connectivity index (χ3n) is 5.14. The van der Waals surface area contributed by atoms with Crippen LogP contribution in [0, 0.1) is 11.8 Å². The number of amides is 3. The molecular weight excluding hydrogens is 350 g/mol. The Morgan fingerprint density at radius 2 is 1.81 bits per heavy atom. The fraction of sp³-hybridized carbons (Fsp3) is 0.632. The molecule has 0 radical (unpaired) electrons. The van der Waals surface area contributed by atoms with Crippen LogP contribution < -0.4 is 10.6 Å². The van der Waals surface area contributed by atoms with Gasteiger partial charge in [-0.1, -0.05) is 19.9 Å². The van der Waals surface area contributed by atoms with E-state index in [2.05, 4.69) is 24.5 Å².